The Balaban J connectivity index is 1.60. The van der Waals surface area contributed by atoms with Crippen molar-refractivity contribution in [3.8, 4) is 0 Å². The number of hydrogen-bond donors (Lipinski definition) is 14. The van der Waals surface area contributed by atoms with Crippen LogP contribution in [0.3, 0.4) is 0 Å². The summed E-state index contributed by atoms with van der Waals surface area (Å²) in [7, 11) is 0. The Bertz CT molecular complexity index is 2680. The Labute approximate surface area is 464 Å². The van der Waals surface area contributed by atoms with E-state index in [0.29, 0.717) is 36.1 Å². The van der Waals surface area contributed by atoms with E-state index in [0.717, 1.165) is 17.2 Å². The van der Waals surface area contributed by atoms with Gasteiger partial charge in [-0.05, 0) is 54.5 Å². The number of aromatic amines is 1. The number of rotatable bonds is 33. The fourth-order valence-corrected chi connectivity index (χ4v) is 8.61. The third-order valence-electron chi connectivity index (χ3n) is 12.4. The molecule has 1 heterocycles. The number of nitrogens with two attached hydrogens (primary N) is 3. The van der Waals surface area contributed by atoms with E-state index in [4.69, 9.17) is 17.2 Å². The molecule has 15 N–H and O–H groups in total. The zero-order valence-corrected chi connectivity index (χ0v) is 45.9. The molecule has 8 atom stereocenters. The van der Waals surface area contributed by atoms with Crippen LogP contribution in [-0.4, -0.2) is 135 Å². The van der Waals surface area contributed by atoms with Crippen molar-refractivity contribution in [2.24, 2.45) is 22.2 Å². The molecule has 4 rings (SSSR count). The number of aromatic nitrogens is 2. The number of guanidine groups is 1. The number of benzene rings is 3. The van der Waals surface area contributed by atoms with Gasteiger partial charge < -0.3 is 64.7 Å². The van der Waals surface area contributed by atoms with Gasteiger partial charge in [0.1, 0.15) is 48.3 Å². The fourth-order valence-electron chi connectivity index (χ4n) is 8.08. The lowest BCUT2D eigenvalue weighted by atomic mass is 10.00. The number of carbonyl (C=O) groups excluding carboxylic acids is 9. The summed E-state index contributed by atoms with van der Waals surface area (Å²) in [5.41, 5.74) is 18.4. The zero-order valence-electron chi connectivity index (χ0n) is 44.1. The number of nitrogens with one attached hydrogen (secondary N) is 9. The number of aliphatic imine (C=N–C) groups is 1. The molecule has 25 heteroatoms. The molecule has 0 saturated carbocycles. The van der Waals surface area contributed by atoms with Crippen LogP contribution < -0.4 is 59.7 Å². The molecule has 0 unspecified atom stereocenters. The van der Waals surface area contributed by atoms with Crippen LogP contribution >= 0.6 is 25.3 Å². The van der Waals surface area contributed by atoms with Gasteiger partial charge in [0, 0.05) is 55.6 Å². The molecule has 9 amide bonds. The van der Waals surface area contributed by atoms with Crippen molar-refractivity contribution in [3.05, 3.63) is 102 Å². The van der Waals surface area contributed by atoms with Gasteiger partial charge in [-0.15, -0.1) is 0 Å². The average molecular weight is 1120 g/mol. The maximum absolute atomic E-state index is 14.6. The molecule has 0 aliphatic carbocycles. The van der Waals surface area contributed by atoms with E-state index in [1.54, 1.807) is 36.4 Å². The maximum Gasteiger partial charge on any atom is 0.244 e. The number of primary amides is 1. The second kappa shape index (κ2) is 32.8. The first-order valence-electron chi connectivity index (χ1n) is 25.8. The molecule has 0 spiro atoms. The van der Waals surface area contributed by atoms with Gasteiger partial charge in [-0.1, -0.05) is 99.5 Å². The van der Waals surface area contributed by atoms with E-state index >= 15 is 0 Å². The number of nitrogens with zero attached hydrogens (tertiary/aromatic N) is 2. The van der Waals surface area contributed by atoms with Crippen LogP contribution in [0, 0.1) is 0 Å². The van der Waals surface area contributed by atoms with Gasteiger partial charge in [0.05, 0.1) is 6.33 Å². The van der Waals surface area contributed by atoms with Crippen LogP contribution in [0.1, 0.15) is 82.5 Å². The highest BCUT2D eigenvalue weighted by atomic mass is 32.1. The molecule has 4 aromatic rings. The van der Waals surface area contributed by atoms with Crippen LogP contribution in [-0.2, 0) is 62.4 Å². The van der Waals surface area contributed by atoms with Gasteiger partial charge in [-0.3, -0.25) is 48.1 Å². The smallest absolute Gasteiger partial charge is 0.244 e. The van der Waals surface area contributed by atoms with E-state index in [-0.39, 0.29) is 68.4 Å². The minimum Gasteiger partial charge on any atom is -0.370 e. The molecule has 3 aromatic carbocycles. The molecule has 0 radical (unpaired) electrons. The van der Waals surface area contributed by atoms with Crippen molar-refractivity contribution < 1.29 is 43.2 Å². The number of imidazole rings is 1. The molecular formula is C53H74N14O9S2. The summed E-state index contributed by atoms with van der Waals surface area (Å²) < 4.78 is 0. The predicted octanol–water partition coefficient (Wildman–Crippen LogP) is -0.122. The molecular weight excluding hydrogens is 1040 g/mol. The van der Waals surface area contributed by atoms with Crippen LogP contribution in [0.2, 0.25) is 0 Å². The lowest BCUT2D eigenvalue weighted by Crippen LogP contribution is -2.61. The van der Waals surface area contributed by atoms with Crippen molar-refractivity contribution in [1.82, 2.24) is 52.5 Å². The quantitative estimate of drug-likeness (QED) is 0.0129. The van der Waals surface area contributed by atoms with Gasteiger partial charge in [0.25, 0.3) is 0 Å². The Hall–Kier alpha value is -7.67. The number of H-pyrrole nitrogens is 1. The second-order valence-electron chi connectivity index (χ2n) is 18.7. The fraction of sp³-hybridized carbons (Fsp3) is 0.453. The molecule has 0 saturated heterocycles. The minimum absolute atomic E-state index is 0.0421. The van der Waals surface area contributed by atoms with Crippen LogP contribution in [0.25, 0.3) is 10.8 Å². The number of fused-ring (bicyclic) bond motifs is 1. The summed E-state index contributed by atoms with van der Waals surface area (Å²) in [5, 5.41) is 23.2. The number of amides is 9. The Morgan fingerprint density at radius 1 is 0.551 bits per heavy atom. The predicted molar refractivity (Wildman–Crippen MR) is 302 cm³/mol. The highest BCUT2D eigenvalue weighted by Gasteiger charge is 2.34. The van der Waals surface area contributed by atoms with Crippen molar-refractivity contribution in [3.63, 3.8) is 0 Å². The highest BCUT2D eigenvalue weighted by molar-refractivity contribution is 7.80. The van der Waals surface area contributed by atoms with Gasteiger partial charge in [-0.2, -0.15) is 25.3 Å². The van der Waals surface area contributed by atoms with Gasteiger partial charge in [0.2, 0.25) is 53.2 Å². The molecule has 0 aliphatic rings. The van der Waals surface area contributed by atoms with Crippen molar-refractivity contribution in [2.75, 3.05) is 18.1 Å². The van der Waals surface area contributed by atoms with E-state index in [1.807, 2.05) is 50.2 Å². The Kier molecular flexibility index (Phi) is 26.4. The number of hydrogen-bond acceptors (Lipinski definition) is 13. The van der Waals surface area contributed by atoms with Crippen LogP contribution in [0.4, 0.5) is 0 Å². The second-order valence-corrected chi connectivity index (χ2v) is 19.4. The number of carbonyl (C=O) groups is 9. The first-order valence-corrected chi connectivity index (χ1v) is 27.1. The van der Waals surface area contributed by atoms with Crippen molar-refractivity contribution in [1.29, 1.82) is 0 Å². The van der Waals surface area contributed by atoms with Crippen molar-refractivity contribution >= 4 is 95.2 Å². The van der Waals surface area contributed by atoms with Crippen molar-refractivity contribution in [2.45, 2.75) is 133 Å². The third-order valence-corrected chi connectivity index (χ3v) is 13.1. The molecule has 422 valence electrons. The lowest BCUT2D eigenvalue weighted by molar-refractivity contribution is -0.135. The highest BCUT2D eigenvalue weighted by Crippen LogP contribution is 2.18. The van der Waals surface area contributed by atoms with Gasteiger partial charge in [0.15, 0.2) is 5.96 Å². The maximum atomic E-state index is 14.6. The summed E-state index contributed by atoms with van der Waals surface area (Å²) in [6, 6.07) is 11.8. The Morgan fingerprint density at radius 3 is 1.64 bits per heavy atom. The average Bonchev–Trinajstić information content (AvgIpc) is 3.94. The number of thiol groups is 2. The summed E-state index contributed by atoms with van der Waals surface area (Å²) in [6.45, 7) is 5.21. The normalized spacial score (nSPS) is 14.1. The van der Waals surface area contributed by atoms with Crippen LogP contribution in [0.5, 0.6) is 0 Å². The molecule has 23 nitrogen and oxygen atoms in total. The van der Waals surface area contributed by atoms with Gasteiger partial charge in [-0.25, -0.2) is 4.98 Å². The molecule has 1 aromatic heterocycles. The van der Waals surface area contributed by atoms with E-state index in [9.17, 15) is 43.2 Å². The molecule has 0 fully saturated rings. The summed E-state index contributed by atoms with van der Waals surface area (Å²) in [4.78, 5) is 134. The van der Waals surface area contributed by atoms with Crippen LogP contribution in [0.15, 0.2) is 90.3 Å². The number of unbranched alkanes of at least 4 members (excludes halogenated alkanes) is 1. The Morgan fingerprint density at radius 2 is 1.06 bits per heavy atom. The lowest BCUT2D eigenvalue weighted by Gasteiger charge is -2.27. The molecule has 0 aliphatic heterocycles. The summed E-state index contributed by atoms with van der Waals surface area (Å²) in [6.07, 6.45) is 5.17. The molecule has 78 heavy (non-hydrogen) atoms. The first kappa shape index (κ1) is 62.9. The summed E-state index contributed by atoms with van der Waals surface area (Å²) >= 11 is 8.42. The largest absolute Gasteiger partial charge is 0.370 e. The van der Waals surface area contributed by atoms with E-state index in [1.165, 1.54) is 19.4 Å². The first-order chi connectivity index (χ1) is 37.3. The minimum atomic E-state index is -1.39. The third kappa shape index (κ3) is 21.0. The van der Waals surface area contributed by atoms with E-state index in [2.05, 4.69) is 82.8 Å². The SMILES string of the molecule is CCCC[C@H](NC(=O)CCC)C(=O)N[C@@H](CS)C(=O)N[C@H](C)C(=O)N[C@@H](Cc1cnc[nH]1)C(=O)N[C@H](Cc1ccccc1)C(=O)N[C@@H](CCCN=C(N)N)C(=O)N[C@@H](Cc1ccc2ccccc2c1)C(=O)N[C@@H](CS)C(N)=O. The van der Waals surface area contributed by atoms with E-state index < -0.39 is 95.6 Å². The monoisotopic (exact) mass is 1110 g/mol. The summed E-state index contributed by atoms with van der Waals surface area (Å²) in [5.74, 6) is -6.97. The molecule has 0 bridgehead atoms. The standard InChI is InChI=1S/C53H74N14O9S2/c1-4-6-18-37(61-44(68)13-5-2)47(71)67-43(29-78)52(76)60-31(3)46(70)63-41(26-36-27-57-30-59-36)51(75)65-39(24-32-14-8-7-9-15-32)49(73)62-38(19-12-22-58-53(55)56)48(72)64-40(50(74)66-42(28-77)45(54)69)25-33-20-21-34-16-10-11-17-35(34)23-33/h7-11,14-17,20-21,23,27,30-31,37-43,77-78H,4-6,12-13,18-19,22,24-26,28-29H2,1-3H3,(H2,54,69)(H,57,59)(H,60,76)(H,61,68)(H,62,73)(H,63,70)(H,64,72)(H,65,75)(H,66,74)(H,67,71)(H4,55,56,58)/t31-,37+,38+,39-,40+,41+,42+,43+/m1/s1. The zero-order chi connectivity index (χ0) is 57.1. The topological polar surface area (TPSA) is 369 Å². The van der Waals surface area contributed by atoms with Gasteiger partial charge >= 0.3 is 0 Å².